The van der Waals surface area contributed by atoms with Gasteiger partial charge in [0, 0.05) is 47.6 Å². The molecule has 2 amide bonds. The number of carbonyl (C=O) groups excluding carboxylic acids is 2. The van der Waals surface area contributed by atoms with Crippen LogP contribution < -0.4 is 10.0 Å². The molecule has 0 atom stereocenters. The Hall–Kier alpha value is -3.80. The number of hydrogen-bond acceptors (Lipinski definition) is 6. The van der Waals surface area contributed by atoms with E-state index >= 15 is 0 Å². The van der Waals surface area contributed by atoms with Crippen molar-refractivity contribution in [3.63, 3.8) is 0 Å². The van der Waals surface area contributed by atoms with Crippen LogP contribution in [0.2, 0.25) is 0 Å². The van der Waals surface area contributed by atoms with Gasteiger partial charge in [0.15, 0.2) is 0 Å². The van der Waals surface area contributed by atoms with Gasteiger partial charge in [-0.1, -0.05) is 56.3 Å². The Morgan fingerprint density at radius 2 is 1.58 bits per heavy atom. The second kappa shape index (κ2) is 16.2. The number of fused-ring (bicyclic) bond motifs is 1. The summed E-state index contributed by atoms with van der Waals surface area (Å²) in [6.45, 7) is 9.84. The molecule has 1 saturated heterocycles. The Balaban J connectivity index is 0.00000162. The van der Waals surface area contributed by atoms with E-state index in [4.69, 9.17) is 9.90 Å². The van der Waals surface area contributed by atoms with Gasteiger partial charge in [0.2, 0.25) is 15.9 Å². The number of nitrogens with one attached hydrogen (secondary N) is 2. The van der Waals surface area contributed by atoms with Crippen molar-refractivity contribution in [3.05, 3.63) is 71.8 Å². The third-order valence-corrected chi connectivity index (χ3v) is 9.32. The van der Waals surface area contributed by atoms with Gasteiger partial charge in [-0.05, 0) is 69.6 Å². The molecule has 0 aromatic heterocycles. The quantitative estimate of drug-likeness (QED) is 0.272. The van der Waals surface area contributed by atoms with Crippen molar-refractivity contribution in [2.75, 3.05) is 38.0 Å². The molecule has 232 valence electrons. The van der Waals surface area contributed by atoms with E-state index in [2.05, 4.69) is 28.8 Å². The standard InChI is InChI=1S/C31H40N4O4S.CH2O2/c1-4-34(5-2)20-10-15-30(36)35-21-18-24(19-22-35)33-40(38,39)29-17-16-28(26-13-8-9-14-27(26)29)32-31(37)25-12-7-6-11-23(25)3;2-1-3/h6-9,11-14,16-17,24,33H,4-5,10,15,18-22H2,1-3H3,(H,32,37);1H,(H,2,3). The molecule has 1 fully saturated rings. The fourth-order valence-electron chi connectivity index (χ4n) is 5.31. The van der Waals surface area contributed by atoms with Crippen molar-refractivity contribution in [1.29, 1.82) is 0 Å². The predicted molar refractivity (Wildman–Crippen MR) is 169 cm³/mol. The fraction of sp³-hybridized carbons (Fsp3) is 0.406. The molecule has 3 aromatic rings. The Morgan fingerprint density at radius 3 is 2.21 bits per heavy atom. The fourth-order valence-corrected chi connectivity index (χ4v) is 6.83. The van der Waals surface area contributed by atoms with Crippen LogP contribution in [0.5, 0.6) is 0 Å². The van der Waals surface area contributed by atoms with Gasteiger partial charge >= 0.3 is 0 Å². The van der Waals surface area contributed by atoms with Crippen molar-refractivity contribution < 1.29 is 27.9 Å². The van der Waals surface area contributed by atoms with Crippen molar-refractivity contribution in [3.8, 4) is 0 Å². The van der Waals surface area contributed by atoms with Crippen LogP contribution in [-0.2, 0) is 19.6 Å². The summed E-state index contributed by atoms with van der Waals surface area (Å²) in [5.41, 5.74) is 1.98. The first-order chi connectivity index (χ1) is 20.6. The zero-order valence-corrected chi connectivity index (χ0v) is 25.9. The van der Waals surface area contributed by atoms with Crippen LogP contribution in [0.25, 0.3) is 10.8 Å². The van der Waals surface area contributed by atoms with Crippen molar-refractivity contribution in [1.82, 2.24) is 14.5 Å². The van der Waals surface area contributed by atoms with Crippen LogP contribution in [0.15, 0.2) is 65.6 Å². The van der Waals surface area contributed by atoms with Gasteiger partial charge in [0.05, 0.1) is 4.90 Å². The maximum atomic E-state index is 13.5. The molecule has 0 radical (unpaired) electrons. The minimum atomic E-state index is -3.83. The number of piperidine rings is 1. The lowest BCUT2D eigenvalue weighted by Crippen LogP contribution is -2.46. The van der Waals surface area contributed by atoms with E-state index in [0.29, 0.717) is 54.4 Å². The number of aryl methyl sites for hydroxylation is 1. The van der Waals surface area contributed by atoms with Gasteiger partial charge in [-0.15, -0.1) is 0 Å². The van der Waals surface area contributed by atoms with E-state index < -0.39 is 10.0 Å². The zero-order chi connectivity index (χ0) is 31.4. The van der Waals surface area contributed by atoms with E-state index in [1.807, 2.05) is 42.2 Å². The summed E-state index contributed by atoms with van der Waals surface area (Å²) in [6, 6.07) is 17.5. The molecule has 0 aliphatic carbocycles. The van der Waals surface area contributed by atoms with Gasteiger partial charge in [-0.2, -0.15) is 0 Å². The number of nitrogens with zero attached hydrogens (tertiary/aromatic N) is 2. The summed E-state index contributed by atoms with van der Waals surface area (Å²) in [5.74, 6) is -0.103. The second-order valence-electron chi connectivity index (χ2n) is 10.4. The van der Waals surface area contributed by atoms with Crippen molar-refractivity contribution in [2.24, 2.45) is 0 Å². The number of rotatable bonds is 11. The van der Waals surface area contributed by atoms with Gasteiger partial charge in [-0.3, -0.25) is 14.4 Å². The number of sulfonamides is 1. The SMILES string of the molecule is CCN(CC)CCCC(=O)N1CCC(NS(=O)(=O)c2ccc(NC(=O)c3ccccc3C)c3ccccc23)CC1.O=CO. The average molecular weight is 611 g/mol. The molecule has 4 rings (SSSR count). The predicted octanol–water partition coefficient (Wildman–Crippen LogP) is 4.49. The van der Waals surface area contributed by atoms with E-state index in [0.717, 1.165) is 31.6 Å². The number of carbonyl (C=O) groups is 3. The average Bonchev–Trinajstić information content (AvgIpc) is 3.00. The van der Waals surface area contributed by atoms with Gasteiger partial charge in [0.1, 0.15) is 0 Å². The van der Waals surface area contributed by atoms with Crippen LogP contribution >= 0.6 is 0 Å². The van der Waals surface area contributed by atoms with Crippen LogP contribution in [0.1, 0.15) is 55.5 Å². The molecule has 43 heavy (non-hydrogen) atoms. The summed E-state index contributed by atoms with van der Waals surface area (Å²) >= 11 is 0. The van der Waals surface area contributed by atoms with Crippen molar-refractivity contribution >= 4 is 44.8 Å². The number of carboxylic acid groups (broad SMARTS) is 1. The smallest absolute Gasteiger partial charge is 0.290 e. The highest BCUT2D eigenvalue weighted by molar-refractivity contribution is 7.89. The third kappa shape index (κ3) is 9.09. The van der Waals surface area contributed by atoms with E-state index in [1.165, 1.54) is 0 Å². The molecule has 0 spiro atoms. The highest BCUT2D eigenvalue weighted by Crippen LogP contribution is 2.30. The highest BCUT2D eigenvalue weighted by Gasteiger charge is 2.28. The molecule has 0 bridgehead atoms. The molecule has 1 aliphatic heterocycles. The number of amides is 2. The Bertz CT molecular complexity index is 1500. The highest BCUT2D eigenvalue weighted by atomic mass is 32.2. The zero-order valence-electron chi connectivity index (χ0n) is 25.1. The maximum absolute atomic E-state index is 13.5. The normalized spacial score (nSPS) is 13.8. The van der Waals surface area contributed by atoms with Gasteiger partial charge in [-0.25, -0.2) is 13.1 Å². The van der Waals surface area contributed by atoms with E-state index in [-0.39, 0.29) is 29.2 Å². The summed E-state index contributed by atoms with van der Waals surface area (Å²) in [4.78, 5) is 38.3. The van der Waals surface area contributed by atoms with Crippen LogP contribution in [-0.4, -0.2) is 80.4 Å². The summed E-state index contributed by atoms with van der Waals surface area (Å²) in [6.07, 6.45) is 2.50. The number of likely N-dealkylation sites (tertiary alicyclic amines) is 1. The molecule has 10 nitrogen and oxygen atoms in total. The number of anilines is 1. The molecule has 0 saturated carbocycles. The lowest BCUT2D eigenvalue weighted by atomic mass is 10.1. The maximum Gasteiger partial charge on any atom is 0.290 e. The molecule has 1 aliphatic rings. The van der Waals surface area contributed by atoms with Crippen LogP contribution in [0.4, 0.5) is 5.69 Å². The minimum Gasteiger partial charge on any atom is -0.483 e. The third-order valence-electron chi connectivity index (χ3n) is 7.74. The number of hydrogen-bond donors (Lipinski definition) is 3. The first-order valence-corrected chi connectivity index (χ1v) is 16.1. The lowest BCUT2D eigenvalue weighted by molar-refractivity contribution is -0.132. The van der Waals surface area contributed by atoms with Crippen LogP contribution in [0.3, 0.4) is 0 Å². The first kappa shape index (κ1) is 33.7. The number of benzene rings is 3. The Kier molecular flexibility index (Phi) is 12.7. The molecule has 1 heterocycles. The summed E-state index contributed by atoms with van der Waals surface area (Å²) in [7, 11) is -3.83. The molecular weight excluding hydrogens is 568 g/mol. The minimum absolute atomic E-state index is 0.141. The van der Waals surface area contributed by atoms with Crippen molar-refractivity contribution in [2.45, 2.75) is 57.4 Å². The largest absolute Gasteiger partial charge is 0.483 e. The van der Waals surface area contributed by atoms with Gasteiger partial charge in [0.25, 0.3) is 12.4 Å². The summed E-state index contributed by atoms with van der Waals surface area (Å²) in [5, 5.41) is 11.0. The molecule has 11 heteroatoms. The topological polar surface area (TPSA) is 136 Å². The Morgan fingerprint density at radius 1 is 0.977 bits per heavy atom. The summed E-state index contributed by atoms with van der Waals surface area (Å²) < 4.78 is 29.9. The van der Waals surface area contributed by atoms with E-state index in [9.17, 15) is 18.0 Å². The first-order valence-electron chi connectivity index (χ1n) is 14.6. The molecule has 0 unspecified atom stereocenters. The van der Waals surface area contributed by atoms with Gasteiger partial charge < -0.3 is 20.2 Å². The lowest BCUT2D eigenvalue weighted by Gasteiger charge is -2.32. The monoisotopic (exact) mass is 610 g/mol. The Labute approximate surface area is 254 Å². The van der Waals surface area contributed by atoms with Crippen LogP contribution in [0, 0.1) is 6.92 Å². The molecule has 3 aromatic carbocycles. The molecular formula is C32H42N4O6S. The molecule has 3 N–H and O–H groups in total. The second-order valence-corrected chi connectivity index (χ2v) is 12.1. The van der Waals surface area contributed by atoms with E-state index in [1.54, 1.807) is 30.3 Å².